The van der Waals surface area contributed by atoms with Gasteiger partial charge in [-0.15, -0.1) is 0 Å². The largest absolute Gasteiger partial charge is 0.491 e. The van der Waals surface area contributed by atoms with Crippen LogP contribution in [0.1, 0.15) is 59.6 Å². The normalized spacial score (nSPS) is 11.9. The van der Waals surface area contributed by atoms with Crippen molar-refractivity contribution in [2.45, 2.75) is 72.5 Å². The highest BCUT2D eigenvalue weighted by Gasteiger charge is 2.18. The third kappa shape index (κ3) is 5.78. The van der Waals surface area contributed by atoms with Crippen LogP contribution in [0.4, 0.5) is 0 Å². The Morgan fingerprint density at radius 1 is 1.10 bits per heavy atom. The molecule has 0 bridgehead atoms. The first-order chi connectivity index (χ1) is 9.59. The number of ether oxygens (including phenoxy) is 2. The average Bonchev–Trinajstić information content (AvgIpc) is 2.28. The molecule has 0 radical (unpaired) electrons. The van der Waals surface area contributed by atoms with Crippen LogP contribution in [0.3, 0.4) is 0 Å². The minimum absolute atomic E-state index is 0.0348. The molecule has 0 aliphatic carbocycles. The van der Waals surface area contributed by atoms with E-state index in [0.29, 0.717) is 0 Å². The van der Waals surface area contributed by atoms with Gasteiger partial charge in [0.05, 0.1) is 18.6 Å². The second-order valence-electron chi connectivity index (χ2n) is 6.95. The van der Waals surface area contributed by atoms with Crippen molar-refractivity contribution in [1.82, 2.24) is 0 Å². The summed E-state index contributed by atoms with van der Waals surface area (Å²) in [6, 6.07) is 6.08. The van der Waals surface area contributed by atoms with Crippen LogP contribution in [-0.2, 0) is 21.4 Å². The van der Waals surface area contributed by atoms with Gasteiger partial charge in [-0.05, 0) is 44.7 Å². The van der Waals surface area contributed by atoms with Gasteiger partial charge in [-0.2, -0.15) is 0 Å². The van der Waals surface area contributed by atoms with Gasteiger partial charge in [-0.25, -0.2) is 0 Å². The SMILES string of the molecule is CC(C)OC(=O)Cc1cc(C(C)(C)C)ccc1OC(C)C. The van der Waals surface area contributed by atoms with Crippen molar-refractivity contribution in [3.63, 3.8) is 0 Å². The van der Waals surface area contributed by atoms with Crippen LogP contribution in [0.15, 0.2) is 18.2 Å². The fraction of sp³-hybridized carbons (Fsp3) is 0.611. The number of esters is 1. The number of rotatable bonds is 5. The first-order valence-corrected chi connectivity index (χ1v) is 7.59. The fourth-order valence-corrected chi connectivity index (χ4v) is 2.01. The van der Waals surface area contributed by atoms with E-state index in [1.54, 1.807) is 0 Å². The zero-order valence-electron chi connectivity index (χ0n) is 14.3. The molecular formula is C18H28O3. The van der Waals surface area contributed by atoms with Gasteiger partial charge < -0.3 is 9.47 Å². The van der Waals surface area contributed by atoms with E-state index in [1.807, 2.05) is 33.8 Å². The minimum atomic E-state index is -0.218. The lowest BCUT2D eigenvalue weighted by atomic mass is 9.85. The summed E-state index contributed by atoms with van der Waals surface area (Å²) in [5, 5.41) is 0. The van der Waals surface area contributed by atoms with Crippen molar-refractivity contribution in [3.05, 3.63) is 29.3 Å². The van der Waals surface area contributed by atoms with E-state index in [9.17, 15) is 4.79 Å². The molecule has 0 atom stereocenters. The topological polar surface area (TPSA) is 35.5 Å². The lowest BCUT2D eigenvalue weighted by molar-refractivity contribution is -0.146. The first kappa shape index (κ1) is 17.5. The molecule has 0 amide bonds. The number of hydrogen-bond donors (Lipinski definition) is 0. The van der Waals surface area contributed by atoms with E-state index < -0.39 is 0 Å². The predicted molar refractivity (Wildman–Crippen MR) is 85.8 cm³/mol. The molecule has 0 N–H and O–H groups in total. The van der Waals surface area contributed by atoms with Gasteiger partial charge in [-0.1, -0.05) is 32.9 Å². The monoisotopic (exact) mass is 292 g/mol. The van der Waals surface area contributed by atoms with Crippen molar-refractivity contribution in [2.75, 3.05) is 0 Å². The second-order valence-corrected chi connectivity index (χ2v) is 6.95. The Hall–Kier alpha value is -1.51. The van der Waals surface area contributed by atoms with Gasteiger partial charge in [0.25, 0.3) is 0 Å². The summed E-state index contributed by atoms with van der Waals surface area (Å²) in [6.45, 7) is 14.1. The molecule has 0 saturated heterocycles. The van der Waals surface area contributed by atoms with Crippen LogP contribution in [0, 0.1) is 0 Å². The molecule has 0 saturated carbocycles. The van der Waals surface area contributed by atoms with Crippen LogP contribution in [0.25, 0.3) is 0 Å². The number of hydrogen-bond acceptors (Lipinski definition) is 3. The molecule has 0 aromatic heterocycles. The van der Waals surface area contributed by atoms with E-state index in [0.717, 1.165) is 11.3 Å². The van der Waals surface area contributed by atoms with Crippen LogP contribution >= 0.6 is 0 Å². The maximum Gasteiger partial charge on any atom is 0.310 e. The highest BCUT2D eigenvalue weighted by molar-refractivity contribution is 5.74. The maximum atomic E-state index is 11.9. The van der Waals surface area contributed by atoms with E-state index >= 15 is 0 Å². The average molecular weight is 292 g/mol. The lowest BCUT2D eigenvalue weighted by Crippen LogP contribution is -2.17. The quantitative estimate of drug-likeness (QED) is 0.760. The van der Waals surface area contributed by atoms with Gasteiger partial charge in [0.2, 0.25) is 0 Å². The molecule has 1 rings (SSSR count). The van der Waals surface area contributed by atoms with E-state index in [1.165, 1.54) is 5.56 Å². The summed E-state index contributed by atoms with van der Waals surface area (Å²) in [7, 11) is 0. The van der Waals surface area contributed by atoms with E-state index in [-0.39, 0.29) is 30.0 Å². The van der Waals surface area contributed by atoms with Crippen LogP contribution in [0.2, 0.25) is 0 Å². The number of benzene rings is 1. The molecule has 1 aromatic carbocycles. The summed E-state index contributed by atoms with van der Waals surface area (Å²) in [4.78, 5) is 11.9. The minimum Gasteiger partial charge on any atom is -0.491 e. The van der Waals surface area contributed by atoms with Gasteiger partial charge in [-0.3, -0.25) is 4.79 Å². The molecule has 118 valence electrons. The van der Waals surface area contributed by atoms with Crippen molar-refractivity contribution >= 4 is 5.97 Å². The summed E-state index contributed by atoms with van der Waals surface area (Å²) in [6.07, 6.45) is 0.215. The Bertz CT molecular complexity index is 482. The Balaban J connectivity index is 3.07. The highest BCUT2D eigenvalue weighted by Crippen LogP contribution is 2.29. The van der Waals surface area contributed by atoms with Gasteiger partial charge >= 0.3 is 5.97 Å². The summed E-state index contributed by atoms with van der Waals surface area (Å²) in [5.41, 5.74) is 2.11. The van der Waals surface area contributed by atoms with E-state index in [4.69, 9.17) is 9.47 Å². The van der Waals surface area contributed by atoms with Crippen molar-refractivity contribution in [3.8, 4) is 5.75 Å². The Morgan fingerprint density at radius 3 is 2.19 bits per heavy atom. The smallest absolute Gasteiger partial charge is 0.310 e. The molecule has 0 aliphatic heterocycles. The lowest BCUT2D eigenvalue weighted by Gasteiger charge is -2.22. The Kier molecular flexibility index (Phi) is 5.82. The van der Waals surface area contributed by atoms with Crippen molar-refractivity contribution in [2.24, 2.45) is 0 Å². The zero-order chi connectivity index (χ0) is 16.2. The van der Waals surface area contributed by atoms with Gasteiger partial charge in [0.15, 0.2) is 0 Å². The molecule has 3 heteroatoms. The molecule has 21 heavy (non-hydrogen) atoms. The third-order valence-electron chi connectivity index (χ3n) is 2.99. The summed E-state index contributed by atoms with van der Waals surface area (Å²) >= 11 is 0. The molecular weight excluding hydrogens is 264 g/mol. The molecule has 0 unspecified atom stereocenters. The first-order valence-electron chi connectivity index (χ1n) is 7.59. The molecule has 0 aliphatic rings. The molecule has 0 fully saturated rings. The third-order valence-corrected chi connectivity index (χ3v) is 2.99. The zero-order valence-corrected chi connectivity index (χ0v) is 14.3. The fourth-order valence-electron chi connectivity index (χ4n) is 2.01. The molecule has 0 spiro atoms. The highest BCUT2D eigenvalue weighted by atomic mass is 16.5. The molecule has 3 nitrogen and oxygen atoms in total. The second kappa shape index (κ2) is 6.97. The van der Waals surface area contributed by atoms with Gasteiger partial charge in [0, 0.05) is 5.56 Å². The molecule has 0 heterocycles. The van der Waals surface area contributed by atoms with Crippen molar-refractivity contribution < 1.29 is 14.3 Å². The van der Waals surface area contributed by atoms with Gasteiger partial charge in [0.1, 0.15) is 5.75 Å². The molecule has 1 aromatic rings. The van der Waals surface area contributed by atoms with Crippen LogP contribution < -0.4 is 4.74 Å². The Labute approximate surface area is 128 Å². The predicted octanol–water partition coefficient (Wildman–Crippen LogP) is 4.27. The standard InChI is InChI=1S/C18H28O3/c1-12(2)20-16-9-8-15(18(5,6)7)10-14(16)11-17(19)21-13(3)4/h8-10,12-13H,11H2,1-7H3. The van der Waals surface area contributed by atoms with Crippen molar-refractivity contribution in [1.29, 1.82) is 0 Å². The van der Waals surface area contributed by atoms with E-state index in [2.05, 4.69) is 32.9 Å². The summed E-state index contributed by atoms with van der Waals surface area (Å²) < 4.78 is 11.1. The maximum absolute atomic E-state index is 11.9. The van der Waals surface area contributed by atoms with Crippen LogP contribution in [-0.4, -0.2) is 18.2 Å². The Morgan fingerprint density at radius 2 is 1.71 bits per heavy atom. The van der Waals surface area contributed by atoms with Crippen LogP contribution in [0.5, 0.6) is 5.75 Å². The number of carbonyl (C=O) groups is 1. The number of carbonyl (C=O) groups excluding carboxylic acids is 1. The summed E-state index contributed by atoms with van der Waals surface area (Å²) in [5.74, 6) is 0.545.